The maximum Gasteiger partial charge on any atom is 0.223 e. The number of nitrogens with zero attached hydrogens (tertiary/aromatic N) is 2. The molecular formula is C18H18F2N2O2. The number of amides is 1. The molecule has 0 spiro atoms. The molecule has 0 radical (unpaired) electrons. The third-order valence-corrected chi connectivity index (χ3v) is 4.66. The average Bonchev–Trinajstić information content (AvgIpc) is 2.60. The molecule has 1 saturated heterocycles. The van der Waals surface area contributed by atoms with E-state index in [1.165, 1.54) is 4.90 Å². The lowest BCUT2D eigenvalue weighted by molar-refractivity contribution is -0.139. The van der Waals surface area contributed by atoms with Gasteiger partial charge in [-0.25, -0.2) is 8.78 Å². The van der Waals surface area contributed by atoms with E-state index in [1.807, 2.05) is 30.3 Å². The molecule has 1 fully saturated rings. The Morgan fingerprint density at radius 2 is 1.92 bits per heavy atom. The van der Waals surface area contributed by atoms with E-state index in [2.05, 4.69) is 5.18 Å². The minimum absolute atomic E-state index is 0.155. The van der Waals surface area contributed by atoms with Crippen molar-refractivity contribution in [3.63, 3.8) is 0 Å². The van der Waals surface area contributed by atoms with Crippen LogP contribution in [-0.2, 0) is 11.3 Å². The van der Waals surface area contributed by atoms with Crippen LogP contribution in [0.2, 0.25) is 0 Å². The largest absolute Gasteiger partial charge is 0.332 e. The summed E-state index contributed by atoms with van der Waals surface area (Å²) in [4.78, 5) is 25.2. The SMILES string of the molecule is O=NC1CCC(=O)N(Cc2ccccc2)[C@@H]1C1CC(F)=CC=C1F. The normalized spacial score (nSPS) is 27.5. The molecule has 3 rings (SSSR count). The van der Waals surface area contributed by atoms with Crippen molar-refractivity contribution in [1.29, 1.82) is 0 Å². The molecule has 1 heterocycles. The molecule has 0 saturated carbocycles. The third kappa shape index (κ3) is 3.27. The number of carbonyl (C=O) groups excluding carboxylic acids is 1. The summed E-state index contributed by atoms with van der Waals surface area (Å²) < 4.78 is 28.0. The van der Waals surface area contributed by atoms with Gasteiger partial charge in [-0.2, -0.15) is 4.91 Å². The Kier molecular flexibility index (Phi) is 4.83. The number of benzene rings is 1. The number of nitroso groups, excluding NO2 is 1. The van der Waals surface area contributed by atoms with Gasteiger partial charge in [-0.15, -0.1) is 0 Å². The molecule has 126 valence electrons. The first-order valence-electron chi connectivity index (χ1n) is 7.97. The highest BCUT2D eigenvalue weighted by molar-refractivity contribution is 5.77. The van der Waals surface area contributed by atoms with E-state index >= 15 is 0 Å². The van der Waals surface area contributed by atoms with E-state index < -0.39 is 29.7 Å². The molecule has 0 aromatic heterocycles. The Balaban J connectivity index is 1.93. The zero-order valence-corrected chi connectivity index (χ0v) is 13.1. The van der Waals surface area contributed by atoms with Gasteiger partial charge in [0.1, 0.15) is 17.7 Å². The van der Waals surface area contributed by atoms with E-state index in [4.69, 9.17) is 0 Å². The van der Waals surface area contributed by atoms with E-state index in [-0.39, 0.29) is 31.7 Å². The Bertz CT molecular complexity index is 688. The predicted molar refractivity (Wildman–Crippen MR) is 86.1 cm³/mol. The van der Waals surface area contributed by atoms with Crippen molar-refractivity contribution >= 4 is 5.91 Å². The number of rotatable bonds is 4. The Morgan fingerprint density at radius 1 is 1.17 bits per heavy atom. The zero-order valence-electron chi connectivity index (χ0n) is 13.1. The maximum absolute atomic E-state index is 14.3. The molecule has 1 aliphatic heterocycles. The summed E-state index contributed by atoms with van der Waals surface area (Å²) in [7, 11) is 0. The van der Waals surface area contributed by atoms with Crippen molar-refractivity contribution in [2.45, 2.75) is 37.9 Å². The summed E-state index contributed by atoms with van der Waals surface area (Å²) in [6.45, 7) is 0.255. The number of halogens is 2. The fraction of sp³-hybridized carbons (Fsp3) is 0.389. The van der Waals surface area contributed by atoms with Gasteiger partial charge in [0.2, 0.25) is 5.91 Å². The van der Waals surface area contributed by atoms with Crippen LogP contribution >= 0.6 is 0 Å². The number of hydrogen-bond acceptors (Lipinski definition) is 3. The van der Waals surface area contributed by atoms with Crippen LogP contribution in [0.4, 0.5) is 8.78 Å². The van der Waals surface area contributed by atoms with Crippen molar-refractivity contribution in [1.82, 2.24) is 4.90 Å². The Labute approximate surface area is 138 Å². The molecule has 2 unspecified atom stereocenters. The summed E-state index contributed by atoms with van der Waals surface area (Å²) in [5.74, 6) is -2.00. The van der Waals surface area contributed by atoms with E-state index in [0.29, 0.717) is 0 Å². The van der Waals surface area contributed by atoms with Crippen LogP contribution in [0.5, 0.6) is 0 Å². The fourth-order valence-corrected chi connectivity index (χ4v) is 3.49. The van der Waals surface area contributed by atoms with E-state index in [1.54, 1.807) is 0 Å². The maximum atomic E-state index is 14.3. The van der Waals surface area contributed by atoms with E-state index in [9.17, 15) is 18.5 Å². The Hall–Kier alpha value is -2.37. The molecule has 3 atom stereocenters. The molecule has 4 nitrogen and oxygen atoms in total. The first-order valence-corrected chi connectivity index (χ1v) is 7.97. The van der Waals surface area contributed by atoms with Gasteiger partial charge in [-0.1, -0.05) is 35.5 Å². The lowest BCUT2D eigenvalue weighted by Crippen LogP contribution is -2.54. The quantitative estimate of drug-likeness (QED) is 0.781. The zero-order chi connectivity index (χ0) is 17.1. The standard InChI is InChI=1S/C18H18F2N2O2/c19-13-6-7-15(20)14(10-13)18-16(21-24)8-9-17(23)22(18)11-12-4-2-1-3-5-12/h1-7,14,16,18H,8-11H2/t14?,16?,18-/m1/s1. The van der Waals surface area contributed by atoms with Crippen LogP contribution in [0.1, 0.15) is 24.8 Å². The summed E-state index contributed by atoms with van der Waals surface area (Å²) in [6.07, 6.45) is 2.47. The van der Waals surface area contributed by atoms with Crippen molar-refractivity contribution in [3.8, 4) is 0 Å². The number of hydrogen-bond donors (Lipinski definition) is 0. The molecule has 1 amide bonds. The number of carbonyl (C=O) groups is 1. The highest BCUT2D eigenvalue weighted by Crippen LogP contribution is 2.38. The van der Waals surface area contributed by atoms with Crippen LogP contribution in [0, 0.1) is 10.8 Å². The first kappa shape index (κ1) is 16.5. The van der Waals surface area contributed by atoms with Crippen molar-refractivity contribution in [3.05, 3.63) is 64.6 Å². The van der Waals surface area contributed by atoms with Crippen molar-refractivity contribution in [2.24, 2.45) is 11.1 Å². The average molecular weight is 332 g/mol. The lowest BCUT2D eigenvalue weighted by atomic mass is 9.81. The predicted octanol–water partition coefficient (Wildman–Crippen LogP) is 4.04. The summed E-state index contributed by atoms with van der Waals surface area (Å²) in [5, 5.41) is 3.11. The van der Waals surface area contributed by atoms with Crippen LogP contribution in [-0.4, -0.2) is 22.9 Å². The molecule has 1 aliphatic carbocycles. The minimum Gasteiger partial charge on any atom is -0.332 e. The first-order chi connectivity index (χ1) is 11.6. The molecule has 0 N–H and O–H groups in total. The molecule has 6 heteroatoms. The van der Waals surface area contributed by atoms with Crippen LogP contribution < -0.4 is 0 Å². The summed E-state index contributed by atoms with van der Waals surface area (Å²) >= 11 is 0. The van der Waals surface area contributed by atoms with E-state index in [0.717, 1.165) is 17.7 Å². The van der Waals surface area contributed by atoms with Crippen molar-refractivity contribution < 1.29 is 13.6 Å². The lowest BCUT2D eigenvalue weighted by Gasteiger charge is -2.42. The second-order valence-electron chi connectivity index (χ2n) is 6.18. The number of piperidine rings is 1. The highest BCUT2D eigenvalue weighted by atomic mass is 19.1. The van der Waals surface area contributed by atoms with Gasteiger partial charge in [-0.3, -0.25) is 4.79 Å². The minimum atomic E-state index is -0.870. The van der Waals surface area contributed by atoms with Gasteiger partial charge >= 0.3 is 0 Å². The Morgan fingerprint density at radius 3 is 2.62 bits per heavy atom. The number of likely N-dealkylation sites (tertiary alicyclic amines) is 1. The van der Waals surface area contributed by atoms with Crippen LogP contribution in [0.25, 0.3) is 0 Å². The van der Waals surface area contributed by atoms with Gasteiger partial charge in [0, 0.05) is 25.3 Å². The van der Waals surface area contributed by atoms with Crippen LogP contribution in [0.15, 0.2) is 59.3 Å². The van der Waals surface area contributed by atoms with Gasteiger partial charge in [0.25, 0.3) is 0 Å². The van der Waals surface area contributed by atoms with Gasteiger partial charge in [-0.05, 0) is 24.1 Å². The molecule has 2 aliphatic rings. The molecule has 1 aromatic carbocycles. The summed E-state index contributed by atoms with van der Waals surface area (Å²) in [6, 6.07) is 7.76. The molecule has 1 aromatic rings. The van der Waals surface area contributed by atoms with Crippen LogP contribution in [0.3, 0.4) is 0 Å². The summed E-state index contributed by atoms with van der Waals surface area (Å²) in [5.41, 5.74) is 0.874. The second-order valence-corrected chi connectivity index (χ2v) is 6.18. The van der Waals surface area contributed by atoms with Gasteiger partial charge in [0.05, 0.1) is 6.04 Å². The molecule has 0 bridgehead atoms. The smallest absolute Gasteiger partial charge is 0.223 e. The second kappa shape index (κ2) is 7.03. The van der Waals surface area contributed by atoms with Crippen molar-refractivity contribution in [2.75, 3.05) is 0 Å². The monoisotopic (exact) mass is 332 g/mol. The fourth-order valence-electron chi connectivity index (χ4n) is 3.49. The molecular weight excluding hydrogens is 314 g/mol. The third-order valence-electron chi connectivity index (χ3n) is 4.66. The highest BCUT2D eigenvalue weighted by Gasteiger charge is 2.44. The number of allylic oxidation sites excluding steroid dienone is 3. The van der Waals surface area contributed by atoms with Gasteiger partial charge in [0.15, 0.2) is 0 Å². The topological polar surface area (TPSA) is 49.7 Å². The molecule has 24 heavy (non-hydrogen) atoms. The van der Waals surface area contributed by atoms with Gasteiger partial charge < -0.3 is 4.90 Å².